The van der Waals surface area contributed by atoms with Crippen LogP contribution in [0.5, 0.6) is 0 Å². The van der Waals surface area contributed by atoms with Crippen LogP contribution in [0.2, 0.25) is 0 Å². The summed E-state index contributed by atoms with van der Waals surface area (Å²) in [6.07, 6.45) is 3.07. The molecule has 6 nitrogen and oxygen atoms in total. The van der Waals surface area contributed by atoms with Gasteiger partial charge in [0.2, 0.25) is 15.9 Å². The molecule has 1 saturated heterocycles. The minimum absolute atomic E-state index is 0.0126. The summed E-state index contributed by atoms with van der Waals surface area (Å²) in [4.78, 5) is 14.1. The van der Waals surface area contributed by atoms with Crippen molar-refractivity contribution < 1.29 is 17.6 Å². The molecule has 2 fully saturated rings. The van der Waals surface area contributed by atoms with Crippen LogP contribution >= 0.6 is 0 Å². The molecule has 1 saturated carbocycles. The molecule has 28 heavy (non-hydrogen) atoms. The van der Waals surface area contributed by atoms with Crippen molar-refractivity contribution in [1.29, 1.82) is 0 Å². The van der Waals surface area contributed by atoms with Crippen molar-refractivity contribution in [1.82, 2.24) is 14.5 Å². The second-order valence-corrected chi connectivity index (χ2v) is 10.1. The number of nitrogens with zero attached hydrogens (tertiary/aromatic N) is 2. The highest BCUT2D eigenvalue weighted by molar-refractivity contribution is 7.89. The average molecular weight is 412 g/mol. The van der Waals surface area contributed by atoms with Gasteiger partial charge in [0.1, 0.15) is 5.82 Å². The summed E-state index contributed by atoms with van der Waals surface area (Å²) in [6.45, 7) is 6.48. The van der Waals surface area contributed by atoms with Crippen LogP contribution in [-0.2, 0) is 14.8 Å². The van der Waals surface area contributed by atoms with Crippen molar-refractivity contribution >= 4 is 15.9 Å². The lowest BCUT2D eigenvalue weighted by atomic mass is 10.0. The summed E-state index contributed by atoms with van der Waals surface area (Å²) < 4.78 is 41.5. The third-order valence-corrected chi connectivity index (χ3v) is 7.27. The summed E-state index contributed by atoms with van der Waals surface area (Å²) in [5.41, 5.74) is 0. The highest BCUT2D eigenvalue weighted by atomic mass is 32.2. The van der Waals surface area contributed by atoms with Crippen LogP contribution in [0.3, 0.4) is 0 Å². The molecule has 3 rings (SSSR count). The molecule has 1 aliphatic heterocycles. The van der Waals surface area contributed by atoms with Gasteiger partial charge in [-0.1, -0.05) is 19.9 Å². The van der Waals surface area contributed by atoms with E-state index in [1.54, 1.807) is 4.31 Å². The molecule has 1 aromatic rings. The van der Waals surface area contributed by atoms with Crippen molar-refractivity contribution in [2.24, 2.45) is 5.92 Å². The van der Waals surface area contributed by atoms with Gasteiger partial charge in [-0.3, -0.25) is 9.69 Å². The van der Waals surface area contributed by atoms with Gasteiger partial charge in [0.25, 0.3) is 0 Å². The Morgan fingerprint density at radius 2 is 1.86 bits per heavy atom. The van der Waals surface area contributed by atoms with E-state index in [1.165, 1.54) is 18.2 Å². The Kier molecular flexibility index (Phi) is 6.73. The van der Waals surface area contributed by atoms with E-state index >= 15 is 0 Å². The number of benzene rings is 1. The fourth-order valence-corrected chi connectivity index (χ4v) is 5.64. The first kappa shape index (κ1) is 21.2. The first-order valence-corrected chi connectivity index (χ1v) is 11.5. The number of hydrogen-bond donors (Lipinski definition) is 1. The molecule has 1 aromatic carbocycles. The van der Waals surface area contributed by atoms with E-state index in [0.29, 0.717) is 44.9 Å². The minimum Gasteiger partial charge on any atom is -0.355 e. The Morgan fingerprint density at radius 1 is 1.21 bits per heavy atom. The van der Waals surface area contributed by atoms with Gasteiger partial charge in [0.15, 0.2) is 0 Å². The topological polar surface area (TPSA) is 69.7 Å². The molecule has 1 N–H and O–H groups in total. The van der Waals surface area contributed by atoms with Crippen LogP contribution in [0.1, 0.15) is 39.5 Å². The largest absolute Gasteiger partial charge is 0.355 e. The molecule has 0 aromatic heterocycles. The lowest BCUT2D eigenvalue weighted by Gasteiger charge is -2.37. The standard InChI is InChI=1S/C20H30FN3O3S/c1-15(2)13-22-20(25)14-23-10-8-18(9-11-23)24(17-6-7-17)28(26,27)19-5-3-4-16(21)12-19/h3-5,12,15,17-18H,6-11,13-14H2,1-2H3,(H,22,25). The number of amides is 1. The van der Waals surface area contributed by atoms with Crippen molar-refractivity contribution in [2.75, 3.05) is 26.2 Å². The monoisotopic (exact) mass is 411 g/mol. The van der Waals surface area contributed by atoms with E-state index in [1.807, 2.05) is 0 Å². The molecule has 0 spiro atoms. The number of nitrogens with one attached hydrogen (secondary N) is 1. The van der Waals surface area contributed by atoms with E-state index < -0.39 is 15.8 Å². The van der Waals surface area contributed by atoms with Gasteiger partial charge >= 0.3 is 0 Å². The molecule has 1 amide bonds. The van der Waals surface area contributed by atoms with Crippen molar-refractivity contribution in [2.45, 2.75) is 56.5 Å². The van der Waals surface area contributed by atoms with E-state index in [2.05, 4.69) is 24.1 Å². The van der Waals surface area contributed by atoms with Gasteiger partial charge in [0, 0.05) is 31.7 Å². The fourth-order valence-electron chi connectivity index (χ4n) is 3.68. The number of likely N-dealkylation sites (tertiary alicyclic amines) is 1. The predicted molar refractivity (Wildman–Crippen MR) is 106 cm³/mol. The van der Waals surface area contributed by atoms with Gasteiger partial charge in [0.05, 0.1) is 11.4 Å². The number of carbonyl (C=O) groups excluding carboxylic acids is 1. The van der Waals surface area contributed by atoms with Crippen LogP contribution in [0.15, 0.2) is 29.2 Å². The second-order valence-electron chi connectivity index (χ2n) is 8.23. The summed E-state index contributed by atoms with van der Waals surface area (Å²) in [7, 11) is -3.72. The number of rotatable bonds is 8. The molecule has 2 aliphatic rings. The van der Waals surface area contributed by atoms with Crippen molar-refractivity contribution in [3.05, 3.63) is 30.1 Å². The molecule has 156 valence electrons. The summed E-state index contributed by atoms with van der Waals surface area (Å²) >= 11 is 0. The molecule has 8 heteroatoms. The first-order valence-electron chi connectivity index (χ1n) is 10.1. The molecule has 1 aliphatic carbocycles. The van der Waals surface area contributed by atoms with Crippen LogP contribution in [0.25, 0.3) is 0 Å². The van der Waals surface area contributed by atoms with Gasteiger partial charge in [-0.2, -0.15) is 4.31 Å². The molecule has 0 atom stereocenters. The lowest BCUT2D eigenvalue weighted by Crippen LogP contribution is -2.50. The highest BCUT2D eigenvalue weighted by Gasteiger charge is 2.43. The van der Waals surface area contributed by atoms with E-state index in [0.717, 1.165) is 18.9 Å². The molecular formula is C20H30FN3O3S. The third-order valence-electron chi connectivity index (χ3n) is 5.27. The van der Waals surface area contributed by atoms with Crippen molar-refractivity contribution in [3.63, 3.8) is 0 Å². The van der Waals surface area contributed by atoms with Crippen LogP contribution < -0.4 is 5.32 Å². The Hall–Kier alpha value is -1.51. The van der Waals surface area contributed by atoms with Crippen LogP contribution in [0.4, 0.5) is 4.39 Å². The van der Waals surface area contributed by atoms with Crippen molar-refractivity contribution in [3.8, 4) is 0 Å². The van der Waals surface area contributed by atoms with Gasteiger partial charge in [-0.25, -0.2) is 12.8 Å². The SMILES string of the molecule is CC(C)CNC(=O)CN1CCC(N(C2CC2)S(=O)(=O)c2cccc(F)c2)CC1. The molecule has 1 heterocycles. The second kappa shape index (κ2) is 8.88. The summed E-state index contributed by atoms with van der Waals surface area (Å²) in [5.74, 6) is -0.118. The third kappa shape index (κ3) is 5.30. The smallest absolute Gasteiger partial charge is 0.243 e. The Balaban J connectivity index is 1.62. The predicted octanol–water partition coefficient (Wildman–Crippen LogP) is 2.22. The minimum atomic E-state index is -3.72. The maximum atomic E-state index is 13.6. The highest BCUT2D eigenvalue weighted by Crippen LogP contribution is 2.36. The van der Waals surface area contributed by atoms with E-state index in [-0.39, 0.29) is 22.9 Å². The van der Waals surface area contributed by atoms with Crippen LogP contribution in [0, 0.1) is 11.7 Å². The van der Waals surface area contributed by atoms with E-state index in [9.17, 15) is 17.6 Å². The first-order chi connectivity index (χ1) is 13.3. The number of carbonyl (C=O) groups is 1. The van der Waals surface area contributed by atoms with Gasteiger partial charge in [-0.05, 0) is 49.8 Å². The molecular weight excluding hydrogens is 381 g/mol. The van der Waals surface area contributed by atoms with E-state index in [4.69, 9.17) is 0 Å². The average Bonchev–Trinajstić information content (AvgIpc) is 3.46. The number of piperidine rings is 1. The number of hydrogen-bond acceptors (Lipinski definition) is 4. The quantitative estimate of drug-likeness (QED) is 0.712. The Morgan fingerprint density at radius 3 is 2.43 bits per heavy atom. The van der Waals surface area contributed by atoms with Crippen LogP contribution in [-0.4, -0.2) is 61.8 Å². The fraction of sp³-hybridized carbons (Fsp3) is 0.650. The zero-order valence-corrected chi connectivity index (χ0v) is 17.4. The number of sulfonamides is 1. The lowest BCUT2D eigenvalue weighted by molar-refractivity contribution is -0.122. The summed E-state index contributed by atoms with van der Waals surface area (Å²) in [6, 6.07) is 5.16. The Bertz CT molecular complexity index is 788. The molecule has 0 unspecified atom stereocenters. The zero-order chi connectivity index (χ0) is 20.3. The zero-order valence-electron chi connectivity index (χ0n) is 16.6. The maximum absolute atomic E-state index is 13.6. The normalized spacial score (nSPS) is 19.3. The molecule has 0 radical (unpaired) electrons. The summed E-state index contributed by atoms with van der Waals surface area (Å²) in [5, 5.41) is 2.92. The molecule has 0 bridgehead atoms. The van der Waals surface area contributed by atoms with Gasteiger partial charge in [-0.15, -0.1) is 0 Å². The maximum Gasteiger partial charge on any atom is 0.243 e. The Labute approximate surface area is 167 Å². The van der Waals surface area contributed by atoms with Gasteiger partial charge < -0.3 is 5.32 Å². The number of halogens is 1.